The van der Waals surface area contributed by atoms with Crippen LogP contribution in [0.1, 0.15) is 12.0 Å². The van der Waals surface area contributed by atoms with Crippen molar-refractivity contribution in [1.29, 1.82) is 0 Å². The van der Waals surface area contributed by atoms with Gasteiger partial charge in [0.05, 0.1) is 18.2 Å². The SMILES string of the molecule is O=C1C[C@H](NCCc2ccc(Cl)cc2)C(=O)N1c1ccc(Br)cc1. The fraction of sp³-hybridized carbons (Fsp3) is 0.222. The molecule has 0 radical (unpaired) electrons. The molecule has 1 heterocycles. The van der Waals surface area contributed by atoms with E-state index in [4.69, 9.17) is 11.6 Å². The summed E-state index contributed by atoms with van der Waals surface area (Å²) in [6.45, 7) is 0.625. The van der Waals surface area contributed by atoms with E-state index >= 15 is 0 Å². The molecule has 1 atom stereocenters. The predicted molar refractivity (Wildman–Crippen MR) is 98.2 cm³/mol. The van der Waals surface area contributed by atoms with Crippen molar-refractivity contribution in [1.82, 2.24) is 5.32 Å². The second-order valence-electron chi connectivity index (χ2n) is 5.63. The van der Waals surface area contributed by atoms with Crippen LogP contribution < -0.4 is 10.2 Å². The van der Waals surface area contributed by atoms with E-state index in [9.17, 15) is 9.59 Å². The molecule has 1 aliphatic heterocycles. The highest BCUT2D eigenvalue weighted by molar-refractivity contribution is 9.10. The Labute approximate surface area is 153 Å². The third-order valence-corrected chi connectivity index (χ3v) is 4.73. The quantitative estimate of drug-likeness (QED) is 0.771. The summed E-state index contributed by atoms with van der Waals surface area (Å²) in [5.74, 6) is -0.371. The summed E-state index contributed by atoms with van der Waals surface area (Å²) in [4.78, 5) is 25.9. The van der Waals surface area contributed by atoms with Gasteiger partial charge in [0, 0.05) is 9.50 Å². The van der Waals surface area contributed by atoms with E-state index in [2.05, 4.69) is 21.2 Å². The van der Waals surface area contributed by atoms with E-state index in [1.807, 2.05) is 36.4 Å². The zero-order valence-electron chi connectivity index (χ0n) is 12.8. The second-order valence-corrected chi connectivity index (χ2v) is 6.98. The Morgan fingerprint density at radius 2 is 1.75 bits per heavy atom. The van der Waals surface area contributed by atoms with Crippen molar-refractivity contribution >= 4 is 45.0 Å². The summed E-state index contributed by atoms with van der Waals surface area (Å²) in [5.41, 5.74) is 1.74. The van der Waals surface area contributed by atoms with Gasteiger partial charge in [0.15, 0.2) is 0 Å². The highest BCUT2D eigenvalue weighted by Gasteiger charge is 2.39. The third kappa shape index (κ3) is 3.86. The molecule has 6 heteroatoms. The van der Waals surface area contributed by atoms with Crippen molar-refractivity contribution in [3.8, 4) is 0 Å². The zero-order chi connectivity index (χ0) is 17.1. The molecule has 0 aromatic heterocycles. The molecule has 1 N–H and O–H groups in total. The molecule has 4 nitrogen and oxygen atoms in total. The average Bonchev–Trinajstić information content (AvgIpc) is 2.85. The second kappa shape index (κ2) is 7.47. The first-order chi connectivity index (χ1) is 11.5. The smallest absolute Gasteiger partial charge is 0.251 e. The van der Waals surface area contributed by atoms with Crippen LogP contribution in [0, 0.1) is 0 Å². The maximum absolute atomic E-state index is 12.5. The maximum Gasteiger partial charge on any atom is 0.251 e. The Hall–Kier alpha value is -1.69. The molecular formula is C18H16BrClN2O2. The minimum atomic E-state index is -0.464. The molecule has 1 fully saturated rings. The highest BCUT2D eigenvalue weighted by atomic mass is 79.9. The normalized spacial score (nSPS) is 17.6. The van der Waals surface area contributed by atoms with Crippen molar-refractivity contribution in [3.05, 3.63) is 63.6 Å². The fourth-order valence-electron chi connectivity index (χ4n) is 2.69. The monoisotopic (exact) mass is 406 g/mol. The van der Waals surface area contributed by atoms with Crippen LogP contribution in [0.3, 0.4) is 0 Å². The summed E-state index contributed by atoms with van der Waals surface area (Å²) in [5, 5.41) is 3.88. The molecule has 0 unspecified atom stereocenters. The van der Waals surface area contributed by atoms with Gasteiger partial charge in [0.2, 0.25) is 5.91 Å². The van der Waals surface area contributed by atoms with Gasteiger partial charge < -0.3 is 5.32 Å². The molecule has 1 saturated heterocycles. The molecule has 124 valence electrons. The zero-order valence-corrected chi connectivity index (χ0v) is 15.2. The van der Waals surface area contributed by atoms with Crippen LogP contribution in [0.25, 0.3) is 0 Å². The standard InChI is InChI=1S/C18H16BrClN2O2/c19-13-3-7-15(8-4-13)22-17(23)11-16(18(22)24)21-10-9-12-1-5-14(20)6-2-12/h1-8,16,21H,9-11H2/t16-/m0/s1. The van der Waals surface area contributed by atoms with Crippen LogP contribution in [0.5, 0.6) is 0 Å². The molecule has 24 heavy (non-hydrogen) atoms. The van der Waals surface area contributed by atoms with E-state index in [1.165, 1.54) is 4.90 Å². The molecule has 3 rings (SSSR count). The molecule has 0 bridgehead atoms. The third-order valence-electron chi connectivity index (χ3n) is 3.95. The predicted octanol–water partition coefficient (Wildman–Crippen LogP) is 3.57. The topological polar surface area (TPSA) is 49.4 Å². The minimum absolute atomic E-state index is 0.175. The van der Waals surface area contributed by atoms with Crippen molar-refractivity contribution in [3.63, 3.8) is 0 Å². The molecule has 0 saturated carbocycles. The van der Waals surface area contributed by atoms with Crippen LogP contribution in [0.2, 0.25) is 5.02 Å². The van der Waals surface area contributed by atoms with Crippen LogP contribution in [-0.2, 0) is 16.0 Å². The number of carbonyl (C=O) groups excluding carboxylic acids is 2. The number of carbonyl (C=O) groups is 2. The lowest BCUT2D eigenvalue weighted by Crippen LogP contribution is -2.39. The van der Waals surface area contributed by atoms with Crippen LogP contribution in [-0.4, -0.2) is 24.4 Å². The van der Waals surface area contributed by atoms with E-state index in [0.29, 0.717) is 17.3 Å². The Bertz CT molecular complexity index is 747. The number of halogens is 2. The molecule has 2 amide bonds. The first-order valence-electron chi connectivity index (χ1n) is 7.65. The lowest BCUT2D eigenvalue weighted by Gasteiger charge is -2.15. The van der Waals surface area contributed by atoms with Crippen molar-refractivity contribution < 1.29 is 9.59 Å². The number of benzene rings is 2. The summed E-state index contributed by atoms with van der Waals surface area (Å²) >= 11 is 9.21. The first kappa shape index (κ1) is 17.1. The highest BCUT2D eigenvalue weighted by Crippen LogP contribution is 2.24. The van der Waals surface area contributed by atoms with E-state index in [0.717, 1.165) is 16.5 Å². The van der Waals surface area contributed by atoms with Gasteiger partial charge in [0.1, 0.15) is 0 Å². The summed E-state index contributed by atoms with van der Waals surface area (Å²) < 4.78 is 0.906. The Balaban J connectivity index is 1.59. The number of hydrogen-bond donors (Lipinski definition) is 1. The van der Waals surface area contributed by atoms with Crippen molar-refractivity contribution in [2.24, 2.45) is 0 Å². The molecule has 2 aromatic rings. The molecule has 0 aliphatic carbocycles. The van der Waals surface area contributed by atoms with Crippen LogP contribution in [0.4, 0.5) is 5.69 Å². The molecular weight excluding hydrogens is 392 g/mol. The number of nitrogens with one attached hydrogen (secondary N) is 1. The van der Waals surface area contributed by atoms with E-state index in [-0.39, 0.29) is 18.2 Å². The van der Waals surface area contributed by atoms with Gasteiger partial charge in [0.25, 0.3) is 5.91 Å². The lowest BCUT2D eigenvalue weighted by molar-refractivity contribution is -0.121. The number of hydrogen-bond acceptors (Lipinski definition) is 3. The number of rotatable bonds is 5. The lowest BCUT2D eigenvalue weighted by atomic mass is 10.1. The minimum Gasteiger partial charge on any atom is -0.305 e. The number of anilines is 1. The van der Waals surface area contributed by atoms with E-state index < -0.39 is 6.04 Å². The number of amides is 2. The molecule has 0 spiro atoms. The molecule has 1 aliphatic rings. The summed E-state index contributed by atoms with van der Waals surface area (Å²) in [6, 6.07) is 14.3. The van der Waals surface area contributed by atoms with Gasteiger partial charge in [-0.25, -0.2) is 4.90 Å². The van der Waals surface area contributed by atoms with Gasteiger partial charge in [-0.05, 0) is 54.9 Å². The Morgan fingerprint density at radius 1 is 1.08 bits per heavy atom. The largest absolute Gasteiger partial charge is 0.305 e. The van der Waals surface area contributed by atoms with Gasteiger partial charge in [-0.15, -0.1) is 0 Å². The van der Waals surface area contributed by atoms with Gasteiger partial charge in [-0.1, -0.05) is 39.7 Å². The fourth-order valence-corrected chi connectivity index (χ4v) is 3.08. The Morgan fingerprint density at radius 3 is 2.42 bits per heavy atom. The number of nitrogens with zero attached hydrogens (tertiary/aromatic N) is 1. The molecule has 2 aromatic carbocycles. The number of imide groups is 1. The van der Waals surface area contributed by atoms with Crippen LogP contribution >= 0.6 is 27.5 Å². The van der Waals surface area contributed by atoms with Gasteiger partial charge in [-0.2, -0.15) is 0 Å². The average molecular weight is 408 g/mol. The maximum atomic E-state index is 12.5. The van der Waals surface area contributed by atoms with Gasteiger partial charge >= 0.3 is 0 Å². The van der Waals surface area contributed by atoms with Crippen molar-refractivity contribution in [2.45, 2.75) is 18.9 Å². The van der Waals surface area contributed by atoms with Gasteiger partial charge in [-0.3, -0.25) is 9.59 Å². The van der Waals surface area contributed by atoms with Crippen LogP contribution in [0.15, 0.2) is 53.0 Å². The summed E-state index contributed by atoms with van der Waals surface area (Å²) in [6.07, 6.45) is 0.961. The van der Waals surface area contributed by atoms with Crippen molar-refractivity contribution in [2.75, 3.05) is 11.4 Å². The summed E-state index contributed by atoms with van der Waals surface area (Å²) in [7, 11) is 0. The van der Waals surface area contributed by atoms with E-state index in [1.54, 1.807) is 12.1 Å². The Kier molecular flexibility index (Phi) is 5.33. The first-order valence-corrected chi connectivity index (χ1v) is 8.82.